The van der Waals surface area contributed by atoms with Crippen molar-refractivity contribution in [1.82, 2.24) is 10.2 Å². The second-order valence-corrected chi connectivity index (χ2v) is 4.36. The van der Waals surface area contributed by atoms with Crippen LogP contribution in [-0.4, -0.2) is 10.2 Å². The van der Waals surface area contributed by atoms with Crippen molar-refractivity contribution in [2.75, 3.05) is 0 Å². The van der Waals surface area contributed by atoms with Crippen molar-refractivity contribution >= 4 is 0 Å². The number of nitrogens with zero attached hydrogens (tertiary/aromatic N) is 1. The van der Waals surface area contributed by atoms with Gasteiger partial charge in [0.15, 0.2) is 0 Å². The molecule has 1 aromatic rings. The first-order valence-corrected chi connectivity index (χ1v) is 4.94. The number of rotatable bonds is 1. The van der Waals surface area contributed by atoms with E-state index in [0.717, 1.165) is 12.1 Å². The maximum atomic E-state index is 6.11. The quantitative estimate of drug-likeness (QED) is 0.689. The van der Waals surface area contributed by atoms with Gasteiger partial charge in [0.05, 0.1) is 5.69 Å². The first-order valence-electron chi connectivity index (χ1n) is 4.94. The van der Waals surface area contributed by atoms with Crippen molar-refractivity contribution in [3.8, 4) is 0 Å². The predicted octanol–water partition coefficient (Wildman–Crippen LogP) is 1.73. The number of hydrogen-bond acceptors (Lipinski definition) is 2. The molecule has 1 aliphatic rings. The summed E-state index contributed by atoms with van der Waals surface area (Å²) >= 11 is 0. The summed E-state index contributed by atoms with van der Waals surface area (Å²) in [6, 6.07) is 0.186. The van der Waals surface area contributed by atoms with Crippen molar-refractivity contribution in [3.63, 3.8) is 0 Å². The summed E-state index contributed by atoms with van der Waals surface area (Å²) in [6.45, 7) is 6.51. The molecule has 2 atom stereocenters. The van der Waals surface area contributed by atoms with Gasteiger partial charge in [0.2, 0.25) is 0 Å². The molecule has 13 heavy (non-hydrogen) atoms. The summed E-state index contributed by atoms with van der Waals surface area (Å²) in [6.07, 6.45) is 1.05. The Hall–Kier alpha value is -0.830. The molecule has 72 valence electrons. The number of nitrogens with two attached hydrogens (primary N) is 1. The van der Waals surface area contributed by atoms with Gasteiger partial charge in [-0.05, 0) is 18.3 Å². The maximum absolute atomic E-state index is 6.11. The van der Waals surface area contributed by atoms with Crippen molar-refractivity contribution in [1.29, 1.82) is 0 Å². The van der Waals surface area contributed by atoms with E-state index in [1.54, 1.807) is 0 Å². The highest BCUT2D eigenvalue weighted by Crippen LogP contribution is 2.37. The van der Waals surface area contributed by atoms with Crippen molar-refractivity contribution < 1.29 is 0 Å². The number of nitrogens with one attached hydrogen (secondary N) is 1. The highest BCUT2D eigenvalue weighted by atomic mass is 15.1. The van der Waals surface area contributed by atoms with Gasteiger partial charge in [-0.1, -0.05) is 20.8 Å². The van der Waals surface area contributed by atoms with Gasteiger partial charge in [0, 0.05) is 17.3 Å². The van der Waals surface area contributed by atoms with Gasteiger partial charge >= 0.3 is 0 Å². The Balaban J connectivity index is 2.44. The molecule has 0 bridgehead atoms. The number of hydrogen-bond donors (Lipinski definition) is 2. The smallest absolute Gasteiger partial charge is 0.0698 e. The van der Waals surface area contributed by atoms with Crippen LogP contribution in [-0.2, 0) is 6.42 Å². The first kappa shape index (κ1) is 8.75. The lowest BCUT2D eigenvalue weighted by Crippen LogP contribution is -2.15. The summed E-state index contributed by atoms with van der Waals surface area (Å²) in [4.78, 5) is 0. The van der Waals surface area contributed by atoms with Crippen LogP contribution in [0, 0.1) is 5.92 Å². The Morgan fingerprint density at radius 3 is 2.85 bits per heavy atom. The molecule has 3 N–H and O–H groups in total. The molecule has 2 rings (SSSR count). The lowest BCUT2D eigenvalue weighted by Gasteiger charge is -2.12. The summed E-state index contributed by atoms with van der Waals surface area (Å²) in [5.74, 6) is 1.03. The number of aromatic amines is 1. The van der Waals surface area contributed by atoms with Crippen LogP contribution < -0.4 is 5.73 Å². The lowest BCUT2D eigenvalue weighted by atomic mass is 9.99. The van der Waals surface area contributed by atoms with Crippen LogP contribution in [0.1, 0.15) is 49.7 Å². The zero-order chi connectivity index (χ0) is 9.59. The van der Waals surface area contributed by atoms with E-state index in [1.807, 2.05) is 0 Å². The Labute approximate surface area is 78.7 Å². The minimum absolute atomic E-state index is 0.186. The Bertz CT molecular complexity index is 314. The van der Waals surface area contributed by atoms with E-state index in [2.05, 4.69) is 31.0 Å². The molecule has 0 spiro atoms. The average Bonchev–Trinajstić information content (AvgIpc) is 2.55. The van der Waals surface area contributed by atoms with E-state index in [-0.39, 0.29) is 6.04 Å². The molecule has 0 saturated heterocycles. The molecule has 0 radical (unpaired) electrons. The van der Waals surface area contributed by atoms with E-state index < -0.39 is 0 Å². The fourth-order valence-electron chi connectivity index (χ4n) is 2.10. The van der Waals surface area contributed by atoms with Gasteiger partial charge in [0.1, 0.15) is 0 Å². The van der Waals surface area contributed by atoms with E-state index in [1.165, 1.54) is 11.3 Å². The average molecular weight is 179 g/mol. The van der Waals surface area contributed by atoms with Crippen LogP contribution in [0.5, 0.6) is 0 Å². The van der Waals surface area contributed by atoms with Crippen LogP contribution in [0.2, 0.25) is 0 Å². The van der Waals surface area contributed by atoms with Gasteiger partial charge < -0.3 is 5.73 Å². The highest BCUT2D eigenvalue weighted by Gasteiger charge is 2.31. The second-order valence-electron chi connectivity index (χ2n) is 4.36. The first-order chi connectivity index (χ1) is 6.11. The van der Waals surface area contributed by atoms with Gasteiger partial charge in [-0.15, -0.1) is 0 Å². The summed E-state index contributed by atoms with van der Waals surface area (Å²) < 4.78 is 0. The van der Waals surface area contributed by atoms with Gasteiger partial charge in [-0.3, -0.25) is 5.10 Å². The molecule has 2 unspecified atom stereocenters. The second kappa shape index (κ2) is 2.84. The number of aromatic nitrogens is 2. The molecule has 3 heteroatoms. The summed E-state index contributed by atoms with van der Waals surface area (Å²) in [7, 11) is 0. The van der Waals surface area contributed by atoms with Crippen LogP contribution >= 0.6 is 0 Å². The minimum Gasteiger partial charge on any atom is -0.324 e. The predicted molar refractivity (Wildman–Crippen MR) is 52.5 cm³/mol. The van der Waals surface area contributed by atoms with E-state index >= 15 is 0 Å². The fourth-order valence-corrected chi connectivity index (χ4v) is 2.10. The molecule has 0 aliphatic heterocycles. The van der Waals surface area contributed by atoms with Crippen LogP contribution in [0.15, 0.2) is 0 Å². The molecule has 1 heterocycles. The van der Waals surface area contributed by atoms with Crippen LogP contribution in [0.25, 0.3) is 0 Å². The molecule has 0 fully saturated rings. The molecule has 0 saturated carbocycles. The Morgan fingerprint density at radius 2 is 2.23 bits per heavy atom. The van der Waals surface area contributed by atoms with Crippen LogP contribution in [0.4, 0.5) is 0 Å². The third-order valence-corrected chi connectivity index (χ3v) is 2.93. The molecule has 3 nitrogen and oxygen atoms in total. The van der Waals surface area contributed by atoms with Crippen molar-refractivity contribution in [2.24, 2.45) is 11.7 Å². The van der Waals surface area contributed by atoms with Gasteiger partial charge in [-0.25, -0.2) is 0 Å². The molecule has 1 aromatic heterocycles. The van der Waals surface area contributed by atoms with Gasteiger partial charge in [0.25, 0.3) is 0 Å². The zero-order valence-electron chi connectivity index (χ0n) is 8.46. The summed E-state index contributed by atoms with van der Waals surface area (Å²) in [5, 5.41) is 7.42. The molecular weight excluding hydrogens is 162 g/mol. The summed E-state index contributed by atoms with van der Waals surface area (Å²) in [5.41, 5.74) is 9.81. The highest BCUT2D eigenvalue weighted by molar-refractivity contribution is 5.35. The number of H-pyrrole nitrogens is 1. The molecule has 1 aliphatic carbocycles. The molecule has 0 amide bonds. The maximum Gasteiger partial charge on any atom is 0.0698 e. The van der Waals surface area contributed by atoms with Crippen molar-refractivity contribution in [3.05, 3.63) is 17.0 Å². The normalized spacial score (nSPS) is 26.8. The third kappa shape index (κ3) is 1.18. The standard InChI is InChI=1S/C10H17N3/c1-5(2)10-8-7(12-13-10)4-6(3)9(8)11/h5-6,9H,4,11H2,1-3H3,(H,12,13). The van der Waals surface area contributed by atoms with E-state index in [9.17, 15) is 0 Å². The zero-order valence-corrected chi connectivity index (χ0v) is 8.46. The fraction of sp³-hybridized carbons (Fsp3) is 0.700. The number of fused-ring (bicyclic) bond motifs is 1. The van der Waals surface area contributed by atoms with Gasteiger partial charge in [-0.2, -0.15) is 5.10 Å². The minimum atomic E-state index is 0.186. The van der Waals surface area contributed by atoms with E-state index in [4.69, 9.17) is 5.73 Å². The Kier molecular flexibility index (Phi) is 1.91. The monoisotopic (exact) mass is 179 g/mol. The topological polar surface area (TPSA) is 54.7 Å². The van der Waals surface area contributed by atoms with Crippen LogP contribution in [0.3, 0.4) is 0 Å². The Morgan fingerprint density at radius 1 is 1.54 bits per heavy atom. The SMILES string of the molecule is CC(C)c1n[nH]c2c1C(N)C(C)C2. The lowest BCUT2D eigenvalue weighted by molar-refractivity contribution is 0.502. The molecule has 0 aromatic carbocycles. The van der Waals surface area contributed by atoms with Crippen molar-refractivity contribution in [2.45, 2.75) is 39.2 Å². The van der Waals surface area contributed by atoms with E-state index in [0.29, 0.717) is 11.8 Å². The largest absolute Gasteiger partial charge is 0.324 e. The molecular formula is C10H17N3. The third-order valence-electron chi connectivity index (χ3n) is 2.93.